The Morgan fingerprint density at radius 1 is 0.788 bits per heavy atom. The number of primary amides is 1. The Morgan fingerprint density at radius 3 is 1.88 bits per heavy atom. The Bertz CT molecular complexity index is 2260. The molecule has 0 aliphatic heterocycles. The van der Waals surface area contributed by atoms with Crippen molar-refractivity contribution in [2.45, 2.75) is 94.1 Å². The summed E-state index contributed by atoms with van der Waals surface area (Å²) in [6.45, 7) is 13.6. The Hall–Kier alpha value is -5.99. The third-order valence-corrected chi connectivity index (χ3v) is 8.47. The number of hydrogen-bond donors (Lipinski definition) is 3. The molecule has 0 saturated carbocycles. The van der Waals surface area contributed by atoms with E-state index in [9.17, 15) is 14.4 Å². The van der Waals surface area contributed by atoms with Crippen LogP contribution >= 0.6 is 0 Å². The number of anilines is 2. The number of nitrogens with zero attached hydrogens (tertiary/aromatic N) is 8. The lowest BCUT2D eigenvalue weighted by Crippen LogP contribution is -2.20. The highest BCUT2D eigenvalue weighted by Crippen LogP contribution is 2.30. The average molecular weight is 710 g/mol. The zero-order valence-corrected chi connectivity index (χ0v) is 29.7. The molecule has 4 N–H and O–H groups in total. The predicted octanol–water partition coefficient (Wildman–Crippen LogP) is 5.94. The number of nitrogens with one attached hydrogen (secondary N) is 2. The van der Waals surface area contributed by atoms with Crippen molar-refractivity contribution in [1.82, 2.24) is 38.7 Å². The second-order valence-corrected chi connectivity index (χ2v) is 12.6. The van der Waals surface area contributed by atoms with Crippen LogP contribution in [0.1, 0.15) is 90.7 Å². The van der Waals surface area contributed by atoms with Crippen LogP contribution in [0.3, 0.4) is 0 Å². The maximum atomic E-state index is 13.5. The molecule has 3 amide bonds. The molecule has 0 unspecified atom stereocenters. The number of carbonyl (C=O) groups excluding carboxylic acids is 3. The third-order valence-electron chi connectivity index (χ3n) is 8.47. The zero-order chi connectivity index (χ0) is 36.4. The van der Waals surface area contributed by atoms with Crippen molar-refractivity contribution in [3.05, 3.63) is 76.9 Å². The first-order chi connectivity index (χ1) is 24.5. The summed E-state index contributed by atoms with van der Waals surface area (Å²) in [6.07, 6.45) is 1.30. The summed E-state index contributed by atoms with van der Waals surface area (Å²) in [4.78, 5) is 48.4. The molecule has 6 rings (SSSR count). The fourth-order valence-electron chi connectivity index (χ4n) is 6.21. The lowest BCUT2D eigenvalue weighted by Gasteiger charge is -2.13. The Morgan fingerprint density at radius 2 is 1.35 bits per heavy atom. The van der Waals surface area contributed by atoms with Crippen LogP contribution in [0.4, 0.5) is 11.9 Å². The van der Waals surface area contributed by atoms with Gasteiger partial charge in [-0.1, -0.05) is 13.5 Å². The summed E-state index contributed by atoms with van der Waals surface area (Å²) in [5, 5.41) is 14.8. The van der Waals surface area contributed by atoms with Gasteiger partial charge >= 0.3 is 0 Å². The van der Waals surface area contributed by atoms with Gasteiger partial charge < -0.3 is 19.6 Å². The summed E-state index contributed by atoms with van der Waals surface area (Å²) < 4.78 is 13.3. The molecule has 0 bridgehead atoms. The maximum absolute atomic E-state index is 13.5. The van der Waals surface area contributed by atoms with Gasteiger partial charge in [-0.3, -0.25) is 34.4 Å². The molecule has 0 aliphatic rings. The van der Waals surface area contributed by atoms with Crippen LogP contribution in [-0.2, 0) is 26.2 Å². The van der Waals surface area contributed by atoms with E-state index in [0.29, 0.717) is 84.7 Å². The molecule has 0 fully saturated rings. The predicted molar refractivity (Wildman–Crippen MR) is 201 cm³/mol. The SMILES string of the molecule is C.CCn1nc(C)cc1C(=O)Nc1nc2cc(C(N)=O)ccc2n1CCCCn1c(NC(=O)c2cc(C)nn2CC)nc2c(OC(C)C)cccc21. The van der Waals surface area contributed by atoms with E-state index in [0.717, 1.165) is 22.4 Å². The highest BCUT2D eigenvalue weighted by Gasteiger charge is 2.22. The van der Waals surface area contributed by atoms with E-state index >= 15 is 0 Å². The standard InChI is InChI=1S/C36H43N11O4.CH4/c1-7-46-28(18-22(5)42-46)33(49)40-35-38-25-20-24(32(37)48)14-15-26(25)44(35)16-9-10-17-45-27-12-11-13-30(51-21(3)4)31(27)39-36(45)41-34(50)29-19-23(6)43-47(29)8-2;/h11-15,18-21H,7-10,16-17H2,1-6H3,(H2,37,48)(H,38,40,49)(H,39,41,50);1H4. The number of aromatic nitrogens is 8. The van der Waals surface area contributed by atoms with E-state index in [1.807, 2.05) is 68.9 Å². The molecule has 0 spiro atoms. The monoisotopic (exact) mass is 709 g/mol. The normalized spacial score (nSPS) is 11.3. The van der Waals surface area contributed by atoms with Crippen molar-refractivity contribution >= 4 is 51.7 Å². The van der Waals surface area contributed by atoms with Crippen LogP contribution in [0, 0.1) is 13.8 Å². The molecule has 15 heteroatoms. The Kier molecular flexibility index (Phi) is 11.1. The van der Waals surface area contributed by atoms with Crippen LogP contribution in [0.25, 0.3) is 22.1 Å². The fourth-order valence-corrected chi connectivity index (χ4v) is 6.21. The minimum Gasteiger partial charge on any atom is -0.489 e. The minimum atomic E-state index is -0.564. The van der Waals surface area contributed by atoms with Crippen molar-refractivity contribution < 1.29 is 19.1 Å². The number of nitrogens with two attached hydrogens (primary N) is 1. The molecule has 0 aliphatic carbocycles. The Labute approximate surface area is 302 Å². The number of para-hydroxylation sites is 1. The number of ether oxygens (including phenoxy) is 1. The minimum absolute atomic E-state index is 0. The molecule has 4 aromatic heterocycles. The number of benzene rings is 2. The summed E-state index contributed by atoms with van der Waals surface area (Å²) in [5.74, 6) is 0.169. The first-order valence-electron chi connectivity index (χ1n) is 17.1. The van der Waals surface area contributed by atoms with Gasteiger partial charge in [-0.05, 0) is 96.8 Å². The van der Waals surface area contributed by atoms with Crippen molar-refractivity contribution in [2.24, 2.45) is 5.73 Å². The number of rotatable bonds is 14. The summed E-state index contributed by atoms with van der Waals surface area (Å²) in [7, 11) is 0. The van der Waals surface area contributed by atoms with Crippen LogP contribution < -0.4 is 21.1 Å². The first-order valence-corrected chi connectivity index (χ1v) is 17.1. The number of unbranched alkanes of at least 4 members (excludes halogenated alkanes) is 1. The van der Waals surface area contributed by atoms with Gasteiger partial charge in [0.2, 0.25) is 17.8 Å². The number of amides is 3. The molecule has 6 aromatic rings. The summed E-state index contributed by atoms with van der Waals surface area (Å²) >= 11 is 0. The third kappa shape index (κ3) is 7.53. The van der Waals surface area contributed by atoms with Crippen LogP contribution in [0.2, 0.25) is 0 Å². The molecule has 4 heterocycles. The summed E-state index contributed by atoms with van der Waals surface area (Å²) in [5.41, 5.74) is 11.0. The van der Waals surface area contributed by atoms with E-state index in [-0.39, 0.29) is 25.3 Å². The van der Waals surface area contributed by atoms with E-state index in [1.54, 1.807) is 39.7 Å². The van der Waals surface area contributed by atoms with Crippen molar-refractivity contribution in [3.63, 3.8) is 0 Å². The number of hydrogen-bond acceptors (Lipinski definition) is 8. The number of imidazole rings is 2. The highest BCUT2D eigenvalue weighted by molar-refractivity contribution is 6.04. The molecule has 15 nitrogen and oxygen atoms in total. The molecule has 274 valence electrons. The molecule has 52 heavy (non-hydrogen) atoms. The van der Waals surface area contributed by atoms with Crippen molar-refractivity contribution in [1.29, 1.82) is 0 Å². The van der Waals surface area contributed by atoms with Crippen molar-refractivity contribution in [2.75, 3.05) is 10.6 Å². The zero-order valence-electron chi connectivity index (χ0n) is 29.7. The average Bonchev–Trinajstić information content (AvgIpc) is 3.85. The fraction of sp³-hybridized carbons (Fsp3) is 0.378. The molecule has 0 saturated heterocycles. The second-order valence-electron chi connectivity index (χ2n) is 12.6. The van der Waals surface area contributed by atoms with E-state index < -0.39 is 5.91 Å². The van der Waals surface area contributed by atoms with Crippen LogP contribution in [-0.4, -0.2) is 62.5 Å². The van der Waals surface area contributed by atoms with Gasteiger partial charge in [-0.15, -0.1) is 0 Å². The number of fused-ring (bicyclic) bond motifs is 2. The maximum Gasteiger partial charge on any atom is 0.276 e. The smallest absolute Gasteiger partial charge is 0.276 e. The molecular formula is C37H47N11O4. The molecule has 0 atom stereocenters. The number of carbonyl (C=O) groups is 3. The van der Waals surface area contributed by atoms with Gasteiger partial charge in [-0.2, -0.15) is 10.2 Å². The van der Waals surface area contributed by atoms with Gasteiger partial charge in [0.25, 0.3) is 11.8 Å². The van der Waals surface area contributed by atoms with Crippen LogP contribution in [0.5, 0.6) is 5.75 Å². The molecular weight excluding hydrogens is 662 g/mol. The van der Waals surface area contributed by atoms with E-state index in [1.165, 1.54) is 0 Å². The van der Waals surface area contributed by atoms with E-state index in [4.69, 9.17) is 15.5 Å². The van der Waals surface area contributed by atoms with Crippen LogP contribution in [0.15, 0.2) is 48.5 Å². The molecule has 2 aromatic carbocycles. The topological polar surface area (TPSA) is 182 Å². The van der Waals surface area contributed by atoms with Gasteiger partial charge in [0, 0.05) is 31.7 Å². The largest absolute Gasteiger partial charge is 0.489 e. The number of aryl methyl sites for hydroxylation is 6. The Balaban J connectivity index is 0.00000523. The molecule has 0 radical (unpaired) electrons. The second kappa shape index (κ2) is 15.5. The highest BCUT2D eigenvalue weighted by atomic mass is 16.5. The van der Waals surface area contributed by atoms with Gasteiger partial charge in [0.05, 0.1) is 34.0 Å². The lowest BCUT2D eigenvalue weighted by atomic mass is 10.2. The van der Waals surface area contributed by atoms with Gasteiger partial charge in [-0.25, -0.2) is 9.97 Å². The van der Waals surface area contributed by atoms with Crippen molar-refractivity contribution in [3.8, 4) is 5.75 Å². The summed E-state index contributed by atoms with van der Waals surface area (Å²) in [6, 6.07) is 14.3. The van der Waals surface area contributed by atoms with Gasteiger partial charge in [0.1, 0.15) is 22.7 Å². The first kappa shape index (κ1) is 37.3. The lowest BCUT2D eigenvalue weighted by molar-refractivity contribution is 0.0995. The van der Waals surface area contributed by atoms with E-state index in [2.05, 4.69) is 25.8 Å². The van der Waals surface area contributed by atoms with Gasteiger partial charge in [0.15, 0.2) is 0 Å². The quantitative estimate of drug-likeness (QED) is 0.116.